The smallest absolute Gasteiger partial charge is 0.0919 e. The van der Waals surface area contributed by atoms with Gasteiger partial charge in [0, 0.05) is 12.6 Å². The lowest BCUT2D eigenvalue weighted by Gasteiger charge is -2.42. The van der Waals surface area contributed by atoms with Crippen LogP contribution in [-0.2, 0) is 12.0 Å². The predicted molar refractivity (Wildman–Crippen MR) is 98.5 cm³/mol. The molecule has 1 heterocycles. The van der Waals surface area contributed by atoms with Crippen LogP contribution in [0.15, 0.2) is 47.5 Å². The molecule has 0 radical (unpaired) electrons. The number of hydrogen-bond acceptors (Lipinski definition) is 2. The standard InChI is InChI=1S/C21H26N2/c1-15(2)12-17-10-11-19-20(13-17)22-14-23(5)21(19,4)18-9-7-6-8-16(18)3/h6-11,13-15H,12H2,1-5H3. The first-order valence-electron chi connectivity index (χ1n) is 8.39. The molecule has 2 aromatic carbocycles. The lowest BCUT2D eigenvalue weighted by molar-refractivity contribution is 0.291. The lowest BCUT2D eigenvalue weighted by atomic mass is 9.79. The van der Waals surface area contributed by atoms with E-state index in [-0.39, 0.29) is 5.54 Å². The maximum atomic E-state index is 4.69. The maximum Gasteiger partial charge on any atom is 0.0919 e. The van der Waals surface area contributed by atoms with Gasteiger partial charge in [-0.05, 0) is 48.9 Å². The van der Waals surface area contributed by atoms with Crippen LogP contribution in [0.3, 0.4) is 0 Å². The Bertz CT molecular complexity index is 745. The maximum absolute atomic E-state index is 4.69. The van der Waals surface area contributed by atoms with Crippen molar-refractivity contribution in [2.45, 2.75) is 39.7 Å². The summed E-state index contributed by atoms with van der Waals surface area (Å²) in [6, 6.07) is 15.4. The average Bonchev–Trinajstić information content (AvgIpc) is 2.51. The number of aliphatic imine (C=N–C) groups is 1. The van der Waals surface area contributed by atoms with Gasteiger partial charge >= 0.3 is 0 Å². The Kier molecular flexibility index (Phi) is 4.01. The molecular formula is C21H26N2. The topological polar surface area (TPSA) is 15.6 Å². The highest BCUT2D eigenvalue weighted by Crippen LogP contribution is 2.43. The molecule has 0 amide bonds. The van der Waals surface area contributed by atoms with Crippen LogP contribution < -0.4 is 0 Å². The number of aryl methyl sites for hydroxylation is 1. The van der Waals surface area contributed by atoms with Gasteiger partial charge in [0.1, 0.15) is 0 Å². The Labute approximate surface area is 139 Å². The molecule has 0 saturated carbocycles. The van der Waals surface area contributed by atoms with E-state index in [0.29, 0.717) is 5.92 Å². The van der Waals surface area contributed by atoms with Crippen molar-refractivity contribution in [2.24, 2.45) is 10.9 Å². The van der Waals surface area contributed by atoms with Gasteiger partial charge in [0.25, 0.3) is 0 Å². The lowest BCUT2D eigenvalue weighted by Crippen LogP contribution is -2.43. The second kappa shape index (κ2) is 5.84. The third kappa shape index (κ3) is 2.67. The highest BCUT2D eigenvalue weighted by molar-refractivity contribution is 5.72. The number of hydrogen-bond donors (Lipinski definition) is 0. The molecule has 2 aromatic rings. The largest absolute Gasteiger partial charge is 0.352 e. The monoisotopic (exact) mass is 306 g/mol. The summed E-state index contributed by atoms with van der Waals surface area (Å²) in [7, 11) is 2.11. The van der Waals surface area contributed by atoms with Crippen LogP contribution in [0.4, 0.5) is 5.69 Å². The molecule has 2 nitrogen and oxygen atoms in total. The molecule has 1 aliphatic heterocycles. The van der Waals surface area contributed by atoms with E-state index in [1.165, 1.54) is 22.3 Å². The Hall–Kier alpha value is -2.09. The van der Waals surface area contributed by atoms with Crippen LogP contribution in [0.25, 0.3) is 0 Å². The zero-order valence-electron chi connectivity index (χ0n) is 14.8. The van der Waals surface area contributed by atoms with Gasteiger partial charge < -0.3 is 4.90 Å². The fourth-order valence-corrected chi connectivity index (χ4v) is 3.60. The third-order valence-electron chi connectivity index (χ3n) is 4.98. The molecule has 0 aliphatic carbocycles. The molecular weight excluding hydrogens is 280 g/mol. The first-order chi connectivity index (χ1) is 10.9. The first kappa shape index (κ1) is 15.8. The number of nitrogens with zero attached hydrogens (tertiary/aromatic N) is 2. The van der Waals surface area contributed by atoms with Gasteiger partial charge in [-0.2, -0.15) is 0 Å². The predicted octanol–water partition coefficient (Wildman–Crippen LogP) is 5.06. The molecule has 3 rings (SSSR count). The van der Waals surface area contributed by atoms with Gasteiger partial charge in [-0.1, -0.05) is 50.2 Å². The van der Waals surface area contributed by atoms with Gasteiger partial charge in [-0.25, -0.2) is 4.99 Å². The van der Waals surface area contributed by atoms with Gasteiger partial charge in [-0.3, -0.25) is 0 Å². The van der Waals surface area contributed by atoms with Gasteiger partial charge in [0.05, 0.1) is 17.6 Å². The summed E-state index contributed by atoms with van der Waals surface area (Å²) in [4.78, 5) is 6.92. The zero-order chi connectivity index (χ0) is 16.6. The second-order valence-electron chi connectivity index (χ2n) is 7.19. The molecule has 23 heavy (non-hydrogen) atoms. The zero-order valence-corrected chi connectivity index (χ0v) is 14.8. The molecule has 1 atom stereocenters. The normalized spacial score (nSPS) is 20.0. The number of rotatable bonds is 3. The van der Waals surface area contributed by atoms with Crippen LogP contribution in [0.1, 0.15) is 43.0 Å². The van der Waals surface area contributed by atoms with Gasteiger partial charge in [0.15, 0.2) is 0 Å². The molecule has 0 bridgehead atoms. The minimum atomic E-state index is -0.182. The fraction of sp³-hybridized carbons (Fsp3) is 0.381. The molecule has 0 saturated heterocycles. The Morgan fingerprint density at radius 3 is 2.52 bits per heavy atom. The number of fused-ring (bicyclic) bond motifs is 1. The van der Waals surface area contributed by atoms with E-state index in [1.807, 2.05) is 6.34 Å². The quantitative estimate of drug-likeness (QED) is 0.773. The van der Waals surface area contributed by atoms with E-state index in [0.717, 1.165) is 12.1 Å². The van der Waals surface area contributed by atoms with E-state index in [9.17, 15) is 0 Å². The molecule has 0 fully saturated rings. The van der Waals surface area contributed by atoms with E-state index in [2.05, 4.69) is 82.1 Å². The second-order valence-corrected chi connectivity index (χ2v) is 7.19. The van der Waals surface area contributed by atoms with Gasteiger partial charge in [0.2, 0.25) is 0 Å². The van der Waals surface area contributed by atoms with Crippen LogP contribution in [0.2, 0.25) is 0 Å². The first-order valence-corrected chi connectivity index (χ1v) is 8.39. The summed E-state index contributed by atoms with van der Waals surface area (Å²) in [6.07, 6.45) is 3.06. The van der Waals surface area contributed by atoms with Crippen LogP contribution in [-0.4, -0.2) is 18.3 Å². The molecule has 120 valence electrons. The van der Waals surface area contributed by atoms with Gasteiger partial charge in [-0.15, -0.1) is 0 Å². The van der Waals surface area contributed by atoms with Crippen molar-refractivity contribution >= 4 is 12.0 Å². The highest BCUT2D eigenvalue weighted by Gasteiger charge is 2.37. The average molecular weight is 306 g/mol. The van der Waals surface area contributed by atoms with Crippen molar-refractivity contribution in [1.29, 1.82) is 0 Å². The van der Waals surface area contributed by atoms with E-state index < -0.39 is 0 Å². The molecule has 0 aromatic heterocycles. The van der Waals surface area contributed by atoms with E-state index >= 15 is 0 Å². The Morgan fingerprint density at radius 2 is 1.83 bits per heavy atom. The van der Waals surface area contributed by atoms with E-state index in [1.54, 1.807) is 0 Å². The highest BCUT2D eigenvalue weighted by atomic mass is 15.2. The Morgan fingerprint density at radius 1 is 1.09 bits per heavy atom. The van der Waals surface area contributed by atoms with Crippen molar-refractivity contribution in [3.05, 3.63) is 64.7 Å². The van der Waals surface area contributed by atoms with Crippen molar-refractivity contribution < 1.29 is 0 Å². The van der Waals surface area contributed by atoms with Crippen LogP contribution >= 0.6 is 0 Å². The number of benzene rings is 2. The summed E-state index contributed by atoms with van der Waals surface area (Å²) in [5.74, 6) is 0.658. The minimum Gasteiger partial charge on any atom is -0.352 e. The van der Waals surface area contributed by atoms with E-state index in [4.69, 9.17) is 4.99 Å². The van der Waals surface area contributed by atoms with Crippen molar-refractivity contribution in [2.75, 3.05) is 7.05 Å². The van der Waals surface area contributed by atoms with Crippen molar-refractivity contribution in [3.8, 4) is 0 Å². The summed E-state index contributed by atoms with van der Waals surface area (Å²) < 4.78 is 0. The Balaban J connectivity index is 2.14. The van der Waals surface area contributed by atoms with Crippen LogP contribution in [0.5, 0.6) is 0 Å². The minimum absolute atomic E-state index is 0.182. The third-order valence-corrected chi connectivity index (χ3v) is 4.98. The molecule has 0 N–H and O–H groups in total. The SMILES string of the molecule is Cc1ccccc1C1(C)c2ccc(CC(C)C)cc2N=CN1C. The molecule has 2 heteroatoms. The fourth-order valence-electron chi connectivity index (χ4n) is 3.60. The summed E-state index contributed by atoms with van der Waals surface area (Å²) in [6.45, 7) is 9.00. The molecule has 1 unspecified atom stereocenters. The summed E-state index contributed by atoms with van der Waals surface area (Å²) in [5, 5.41) is 0. The summed E-state index contributed by atoms with van der Waals surface area (Å²) >= 11 is 0. The summed E-state index contributed by atoms with van der Waals surface area (Å²) in [5.41, 5.74) is 6.23. The molecule has 0 spiro atoms. The van der Waals surface area contributed by atoms with Crippen molar-refractivity contribution in [1.82, 2.24) is 4.90 Å². The molecule has 1 aliphatic rings. The van der Waals surface area contributed by atoms with Crippen LogP contribution in [0, 0.1) is 12.8 Å². The van der Waals surface area contributed by atoms with Crippen molar-refractivity contribution in [3.63, 3.8) is 0 Å².